The third-order valence-electron chi connectivity index (χ3n) is 3.72. The van der Waals surface area contributed by atoms with E-state index in [1.807, 2.05) is 39.0 Å². The molecule has 1 N–H and O–H groups in total. The highest BCUT2D eigenvalue weighted by atomic mass is 35.5. The first-order valence-electron chi connectivity index (χ1n) is 7.88. The number of aliphatic hydroxyl groups is 1. The van der Waals surface area contributed by atoms with Gasteiger partial charge in [-0.3, -0.25) is 4.90 Å². The molecule has 0 bridgehead atoms. The molecule has 0 spiro atoms. The van der Waals surface area contributed by atoms with Crippen molar-refractivity contribution in [3.63, 3.8) is 0 Å². The maximum absolute atomic E-state index is 10.1. The van der Waals surface area contributed by atoms with Crippen LogP contribution in [0.2, 0.25) is 5.02 Å². The van der Waals surface area contributed by atoms with Crippen molar-refractivity contribution in [3.8, 4) is 0 Å². The molecule has 124 valence electrons. The van der Waals surface area contributed by atoms with E-state index in [1.54, 1.807) is 0 Å². The van der Waals surface area contributed by atoms with Crippen LogP contribution in [-0.2, 0) is 4.74 Å². The summed E-state index contributed by atoms with van der Waals surface area (Å²) in [6.45, 7) is 10.9. The van der Waals surface area contributed by atoms with Crippen LogP contribution in [0.15, 0.2) is 24.3 Å². The van der Waals surface area contributed by atoms with Gasteiger partial charge in [0.05, 0.1) is 18.3 Å². The van der Waals surface area contributed by atoms with Gasteiger partial charge in [0.25, 0.3) is 0 Å². The highest BCUT2D eigenvalue weighted by molar-refractivity contribution is 6.30. The summed E-state index contributed by atoms with van der Waals surface area (Å²) in [6.07, 6.45) is -0.433. The third kappa shape index (κ3) is 5.76. The molecule has 0 amide bonds. The van der Waals surface area contributed by atoms with E-state index >= 15 is 0 Å². The molecule has 1 saturated heterocycles. The Balaban J connectivity index is 1.75. The Labute approximate surface area is 138 Å². The van der Waals surface area contributed by atoms with Gasteiger partial charge in [-0.1, -0.05) is 17.7 Å². The zero-order valence-electron chi connectivity index (χ0n) is 13.8. The first-order valence-corrected chi connectivity index (χ1v) is 8.26. The molecule has 5 heteroatoms. The van der Waals surface area contributed by atoms with Gasteiger partial charge < -0.3 is 14.7 Å². The minimum absolute atomic E-state index is 0.202. The number of anilines is 1. The van der Waals surface area contributed by atoms with E-state index in [2.05, 4.69) is 15.9 Å². The lowest BCUT2D eigenvalue weighted by atomic mass is 10.2. The van der Waals surface area contributed by atoms with Crippen LogP contribution in [0.3, 0.4) is 0 Å². The van der Waals surface area contributed by atoms with E-state index in [0.717, 1.165) is 31.2 Å². The molecule has 1 heterocycles. The Morgan fingerprint density at radius 1 is 1.23 bits per heavy atom. The molecular weight excluding hydrogens is 300 g/mol. The SMILES string of the molecule is CC(C)(C)OC[C@@H](O)CN1CCN(c2cccc(Cl)c2)CC1. The van der Waals surface area contributed by atoms with Crippen LogP contribution in [-0.4, -0.2) is 61.0 Å². The van der Waals surface area contributed by atoms with Crippen molar-refractivity contribution in [2.45, 2.75) is 32.5 Å². The Morgan fingerprint density at radius 2 is 1.91 bits per heavy atom. The standard InChI is InChI=1S/C17H27ClN2O2/c1-17(2,3)22-13-16(21)12-19-7-9-20(10-8-19)15-6-4-5-14(18)11-15/h4-6,11,16,21H,7-10,12-13H2,1-3H3/t16-/m0/s1. The molecule has 4 nitrogen and oxygen atoms in total. The largest absolute Gasteiger partial charge is 0.389 e. The summed E-state index contributed by atoms with van der Waals surface area (Å²) in [4.78, 5) is 4.62. The number of β-amino-alcohol motifs (C(OH)–C–C–N with tert-alkyl or cyclic N) is 1. The van der Waals surface area contributed by atoms with Crippen LogP contribution in [0, 0.1) is 0 Å². The predicted octanol–water partition coefficient (Wildman–Crippen LogP) is 2.64. The molecular formula is C17H27ClN2O2. The number of piperazine rings is 1. The summed E-state index contributed by atoms with van der Waals surface area (Å²) in [5, 5.41) is 10.9. The Morgan fingerprint density at radius 3 is 2.50 bits per heavy atom. The number of hydrogen-bond donors (Lipinski definition) is 1. The van der Waals surface area contributed by atoms with Crippen LogP contribution in [0.25, 0.3) is 0 Å². The molecule has 0 aromatic heterocycles. The van der Waals surface area contributed by atoms with Crippen molar-refractivity contribution in [2.75, 3.05) is 44.2 Å². The summed E-state index contributed by atoms with van der Waals surface area (Å²) < 4.78 is 5.63. The third-order valence-corrected chi connectivity index (χ3v) is 3.96. The molecule has 1 aliphatic rings. The molecule has 1 aromatic rings. The smallest absolute Gasteiger partial charge is 0.0900 e. The van der Waals surface area contributed by atoms with Crippen LogP contribution in [0.1, 0.15) is 20.8 Å². The maximum atomic E-state index is 10.1. The van der Waals surface area contributed by atoms with Crippen molar-refractivity contribution in [1.29, 1.82) is 0 Å². The van der Waals surface area contributed by atoms with E-state index in [0.29, 0.717) is 13.2 Å². The fourth-order valence-corrected chi connectivity index (χ4v) is 2.74. The van der Waals surface area contributed by atoms with Gasteiger partial charge in [0.1, 0.15) is 0 Å². The Hall–Kier alpha value is -0.810. The quantitative estimate of drug-likeness (QED) is 0.902. The Kier molecular flexibility index (Phi) is 6.09. The number of halogens is 1. The number of hydrogen-bond acceptors (Lipinski definition) is 4. The minimum Gasteiger partial charge on any atom is -0.389 e. The normalized spacial score (nSPS) is 18.5. The maximum Gasteiger partial charge on any atom is 0.0900 e. The fraction of sp³-hybridized carbons (Fsp3) is 0.647. The molecule has 0 saturated carbocycles. The lowest BCUT2D eigenvalue weighted by Crippen LogP contribution is -2.49. The topological polar surface area (TPSA) is 35.9 Å². The second kappa shape index (κ2) is 7.64. The molecule has 22 heavy (non-hydrogen) atoms. The summed E-state index contributed by atoms with van der Waals surface area (Å²) in [6, 6.07) is 7.97. The summed E-state index contributed by atoms with van der Waals surface area (Å²) >= 11 is 6.05. The number of aliphatic hydroxyl groups excluding tert-OH is 1. The second-order valence-electron chi connectivity index (χ2n) is 6.84. The molecule has 1 aromatic carbocycles. The van der Waals surface area contributed by atoms with E-state index in [1.165, 1.54) is 5.69 Å². The van der Waals surface area contributed by atoms with Crippen molar-refractivity contribution < 1.29 is 9.84 Å². The van der Waals surface area contributed by atoms with Gasteiger partial charge in [0.2, 0.25) is 0 Å². The van der Waals surface area contributed by atoms with Gasteiger partial charge in [0, 0.05) is 43.4 Å². The van der Waals surface area contributed by atoms with Gasteiger partial charge in [-0.2, -0.15) is 0 Å². The van der Waals surface area contributed by atoms with Crippen LogP contribution in [0.4, 0.5) is 5.69 Å². The average molecular weight is 327 g/mol. The minimum atomic E-state index is -0.433. The number of rotatable bonds is 5. The monoisotopic (exact) mass is 326 g/mol. The van der Waals surface area contributed by atoms with Crippen molar-refractivity contribution in [2.24, 2.45) is 0 Å². The van der Waals surface area contributed by atoms with Crippen LogP contribution in [0.5, 0.6) is 0 Å². The average Bonchev–Trinajstić information content (AvgIpc) is 2.45. The lowest BCUT2D eigenvalue weighted by molar-refractivity contribution is -0.0563. The van der Waals surface area contributed by atoms with E-state index < -0.39 is 6.10 Å². The number of ether oxygens (including phenoxy) is 1. The molecule has 1 fully saturated rings. The van der Waals surface area contributed by atoms with Gasteiger partial charge >= 0.3 is 0 Å². The van der Waals surface area contributed by atoms with E-state index in [4.69, 9.17) is 16.3 Å². The molecule has 1 aliphatic heterocycles. The summed E-state index contributed by atoms with van der Waals surface area (Å²) in [5.41, 5.74) is 0.968. The molecule has 1 atom stereocenters. The first-order chi connectivity index (χ1) is 10.3. The molecule has 0 unspecified atom stereocenters. The number of nitrogens with zero attached hydrogens (tertiary/aromatic N) is 2. The molecule has 2 rings (SSSR count). The van der Waals surface area contributed by atoms with Crippen LogP contribution >= 0.6 is 11.6 Å². The van der Waals surface area contributed by atoms with Gasteiger partial charge in [-0.25, -0.2) is 0 Å². The fourth-order valence-electron chi connectivity index (χ4n) is 2.56. The molecule has 0 radical (unpaired) electrons. The van der Waals surface area contributed by atoms with E-state index in [-0.39, 0.29) is 5.60 Å². The van der Waals surface area contributed by atoms with Gasteiger partial charge in [-0.05, 0) is 39.0 Å². The first kappa shape index (κ1) is 17.5. The Bertz CT molecular complexity index is 468. The number of benzene rings is 1. The second-order valence-corrected chi connectivity index (χ2v) is 7.28. The predicted molar refractivity (Wildman–Crippen MR) is 91.8 cm³/mol. The van der Waals surface area contributed by atoms with Crippen molar-refractivity contribution in [1.82, 2.24) is 4.90 Å². The van der Waals surface area contributed by atoms with Gasteiger partial charge in [-0.15, -0.1) is 0 Å². The zero-order chi connectivity index (χ0) is 16.2. The van der Waals surface area contributed by atoms with Crippen molar-refractivity contribution >= 4 is 17.3 Å². The van der Waals surface area contributed by atoms with Gasteiger partial charge in [0.15, 0.2) is 0 Å². The molecule has 0 aliphatic carbocycles. The summed E-state index contributed by atoms with van der Waals surface area (Å²) in [5.74, 6) is 0. The highest BCUT2D eigenvalue weighted by Gasteiger charge is 2.21. The van der Waals surface area contributed by atoms with E-state index in [9.17, 15) is 5.11 Å². The van der Waals surface area contributed by atoms with Crippen LogP contribution < -0.4 is 4.90 Å². The highest BCUT2D eigenvalue weighted by Crippen LogP contribution is 2.20. The van der Waals surface area contributed by atoms with Crippen molar-refractivity contribution in [3.05, 3.63) is 29.3 Å². The summed E-state index contributed by atoms with van der Waals surface area (Å²) in [7, 11) is 0. The lowest BCUT2D eigenvalue weighted by Gasteiger charge is -2.37. The zero-order valence-corrected chi connectivity index (χ0v) is 14.5.